The Morgan fingerprint density at radius 3 is 2.43 bits per heavy atom. The molecule has 1 saturated heterocycles. The van der Waals surface area contributed by atoms with Gasteiger partial charge in [0.1, 0.15) is 23.8 Å². The molecule has 0 aliphatic carbocycles. The number of hydrogen-bond donors (Lipinski definition) is 1. The van der Waals surface area contributed by atoms with Crippen molar-refractivity contribution in [3.8, 4) is 0 Å². The van der Waals surface area contributed by atoms with Gasteiger partial charge in [0, 0.05) is 50.0 Å². The third-order valence-corrected chi connectivity index (χ3v) is 5.07. The number of halogens is 1. The van der Waals surface area contributed by atoms with Gasteiger partial charge in [-0.25, -0.2) is 15.0 Å². The molecule has 0 unspecified atom stereocenters. The first-order valence-electron chi connectivity index (χ1n) is 9.49. The van der Waals surface area contributed by atoms with Crippen LogP contribution >= 0.6 is 11.6 Å². The molecule has 1 fully saturated rings. The highest BCUT2D eigenvalue weighted by Gasteiger charge is 2.19. The van der Waals surface area contributed by atoms with Crippen LogP contribution in [0.1, 0.15) is 5.56 Å². The van der Waals surface area contributed by atoms with Crippen molar-refractivity contribution in [1.29, 1.82) is 0 Å². The Bertz CT molecular complexity index is 896. The predicted octanol–water partition coefficient (Wildman–Crippen LogP) is 3.51. The molecule has 1 N–H and O–H groups in total. The minimum atomic E-state index is 0.770. The molecule has 6 nitrogen and oxygen atoms in total. The van der Waals surface area contributed by atoms with E-state index in [1.165, 1.54) is 5.56 Å². The minimum Gasteiger partial charge on any atom is -0.370 e. The Labute approximate surface area is 170 Å². The van der Waals surface area contributed by atoms with E-state index in [1.807, 2.05) is 42.6 Å². The average Bonchev–Trinajstić information content (AvgIpc) is 2.75. The van der Waals surface area contributed by atoms with Crippen LogP contribution in [-0.2, 0) is 6.42 Å². The molecule has 1 aliphatic heterocycles. The number of rotatable bonds is 6. The zero-order valence-corrected chi connectivity index (χ0v) is 16.4. The molecule has 3 aromatic rings. The molecular weight excluding hydrogens is 372 g/mol. The van der Waals surface area contributed by atoms with Crippen molar-refractivity contribution >= 4 is 29.1 Å². The lowest BCUT2D eigenvalue weighted by molar-refractivity contribution is 0.641. The van der Waals surface area contributed by atoms with Gasteiger partial charge in [0.25, 0.3) is 0 Å². The Hall–Kier alpha value is -2.86. The summed E-state index contributed by atoms with van der Waals surface area (Å²) in [6.45, 7) is 4.48. The Balaban J connectivity index is 1.31. The summed E-state index contributed by atoms with van der Waals surface area (Å²) < 4.78 is 0. The maximum absolute atomic E-state index is 6.04. The van der Waals surface area contributed by atoms with E-state index in [4.69, 9.17) is 11.6 Å². The molecule has 0 bridgehead atoms. The van der Waals surface area contributed by atoms with Crippen LogP contribution in [0.5, 0.6) is 0 Å². The van der Waals surface area contributed by atoms with Gasteiger partial charge in [-0.3, -0.25) is 0 Å². The van der Waals surface area contributed by atoms with Gasteiger partial charge in [-0.1, -0.05) is 29.8 Å². The van der Waals surface area contributed by atoms with E-state index in [1.54, 1.807) is 6.33 Å². The van der Waals surface area contributed by atoms with Crippen LogP contribution in [0, 0.1) is 0 Å². The van der Waals surface area contributed by atoms with Crippen molar-refractivity contribution in [2.24, 2.45) is 0 Å². The molecule has 3 heterocycles. The van der Waals surface area contributed by atoms with Gasteiger partial charge in [0.05, 0.1) is 0 Å². The lowest BCUT2D eigenvalue weighted by atomic mass is 10.1. The first-order valence-corrected chi connectivity index (χ1v) is 9.87. The van der Waals surface area contributed by atoms with Crippen molar-refractivity contribution in [2.45, 2.75) is 6.42 Å². The van der Waals surface area contributed by atoms with Crippen molar-refractivity contribution in [1.82, 2.24) is 15.0 Å². The number of hydrogen-bond acceptors (Lipinski definition) is 6. The molecule has 28 heavy (non-hydrogen) atoms. The highest BCUT2D eigenvalue weighted by molar-refractivity contribution is 6.30. The van der Waals surface area contributed by atoms with Gasteiger partial charge in [-0.2, -0.15) is 0 Å². The Kier molecular flexibility index (Phi) is 5.87. The first kappa shape index (κ1) is 18.5. The minimum absolute atomic E-state index is 0.770. The number of pyridine rings is 1. The highest BCUT2D eigenvalue weighted by Crippen LogP contribution is 2.19. The van der Waals surface area contributed by atoms with Gasteiger partial charge < -0.3 is 15.1 Å². The molecule has 1 aromatic carbocycles. The van der Waals surface area contributed by atoms with E-state index in [0.717, 1.165) is 61.6 Å². The van der Waals surface area contributed by atoms with Gasteiger partial charge in [0.15, 0.2) is 0 Å². The zero-order chi connectivity index (χ0) is 19.2. The molecule has 1 aliphatic rings. The van der Waals surface area contributed by atoms with Gasteiger partial charge in [-0.05, 0) is 36.2 Å². The summed E-state index contributed by atoms with van der Waals surface area (Å²) >= 11 is 6.04. The lowest BCUT2D eigenvalue weighted by Gasteiger charge is -2.36. The van der Waals surface area contributed by atoms with E-state index in [2.05, 4.69) is 42.2 Å². The SMILES string of the molecule is Clc1cccc(CCNc2cc(N3CCN(c4ccccn4)CC3)ncn2)c1. The smallest absolute Gasteiger partial charge is 0.134 e. The molecular formula is C21H23ClN6. The predicted molar refractivity (Wildman–Crippen MR) is 114 cm³/mol. The summed E-state index contributed by atoms with van der Waals surface area (Å²) in [6.07, 6.45) is 4.36. The van der Waals surface area contributed by atoms with E-state index >= 15 is 0 Å². The number of nitrogens with zero attached hydrogens (tertiary/aromatic N) is 5. The Morgan fingerprint density at radius 2 is 1.68 bits per heavy atom. The second-order valence-corrected chi connectivity index (χ2v) is 7.17. The van der Waals surface area contributed by atoms with Crippen molar-refractivity contribution in [2.75, 3.05) is 47.8 Å². The molecule has 144 valence electrons. The monoisotopic (exact) mass is 394 g/mol. The highest BCUT2D eigenvalue weighted by atomic mass is 35.5. The first-order chi connectivity index (χ1) is 13.8. The molecule has 0 amide bonds. The van der Waals surface area contributed by atoms with Crippen LogP contribution in [0.25, 0.3) is 0 Å². The number of benzene rings is 1. The van der Waals surface area contributed by atoms with Crippen LogP contribution in [0.3, 0.4) is 0 Å². The number of nitrogens with one attached hydrogen (secondary N) is 1. The van der Waals surface area contributed by atoms with Crippen LogP contribution in [0.2, 0.25) is 5.02 Å². The normalized spacial score (nSPS) is 14.2. The number of piperazine rings is 1. The van der Waals surface area contributed by atoms with E-state index < -0.39 is 0 Å². The molecule has 2 aromatic heterocycles. The summed E-state index contributed by atoms with van der Waals surface area (Å²) in [4.78, 5) is 17.9. The summed E-state index contributed by atoms with van der Waals surface area (Å²) in [5, 5.41) is 4.16. The maximum Gasteiger partial charge on any atom is 0.134 e. The molecule has 0 radical (unpaired) electrons. The summed E-state index contributed by atoms with van der Waals surface area (Å²) in [6, 6.07) is 16.0. The Morgan fingerprint density at radius 1 is 0.857 bits per heavy atom. The fourth-order valence-electron chi connectivity index (χ4n) is 3.35. The zero-order valence-electron chi connectivity index (χ0n) is 15.6. The van der Waals surface area contributed by atoms with Gasteiger partial charge in [0.2, 0.25) is 0 Å². The van der Waals surface area contributed by atoms with E-state index in [-0.39, 0.29) is 0 Å². The van der Waals surface area contributed by atoms with Crippen molar-refractivity contribution in [3.63, 3.8) is 0 Å². The number of aromatic nitrogens is 3. The molecule has 7 heteroatoms. The van der Waals surface area contributed by atoms with Gasteiger partial charge >= 0.3 is 0 Å². The second kappa shape index (κ2) is 8.89. The van der Waals surface area contributed by atoms with E-state index in [9.17, 15) is 0 Å². The standard InChI is InChI=1S/C21H23ClN6/c22-18-5-3-4-17(14-18)7-9-23-19-15-21(26-16-25-19)28-12-10-27(11-13-28)20-6-1-2-8-24-20/h1-6,8,14-16H,7,9-13H2,(H,23,25,26). The summed E-state index contributed by atoms with van der Waals surface area (Å²) in [5.41, 5.74) is 1.21. The summed E-state index contributed by atoms with van der Waals surface area (Å²) in [5.74, 6) is 2.84. The molecule has 0 saturated carbocycles. The van der Waals surface area contributed by atoms with Crippen LogP contribution in [0.15, 0.2) is 61.1 Å². The van der Waals surface area contributed by atoms with Crippen molar-refractivity contribution < 1.29 is 0 Å². The van der Waals surface area contributed by atoms with Gasteiger partial charge in [-0.15, -0.1) is 0 Å². The molecule has 0 spiro atoms. The fourth-order valence-corrected chi connectivity index (χ4v) is 3.56. The third kappa shape index (κ3) is 4.70. The maximum atomic E-state index is 6.04. The topological polar surface area (TPSA) is 57.2 Å². The van der Waals surface area contributed by atoms with E-state index in [0.29, 0.717) is 0 Å². The molecule has 4 rings (SSSR count). The third-order valence-electron chi connectivity index (χ3n) is 4.84. The lowest BCUT2D eigenvalue weighted by Crippen LogP contribution is -2.47. The van der Waals surface area contributed by atoms with Crippen LogP contribution < -0.4 is 15.1 Å². The average molecular weight is 395 g/mol. The number of anilines is 3. The van der Waals surface area contributed by atoms with Crippen molar-refractivity contribution in [3.05, 3.63) is 71.6 Å². The second-order valence-electron chi connectivity index (χ2n) is 6.73. The largest absolute Gasteiger partial charge is 0.370 e. The van der Waals surface area contributed by atoms with Crippen LogP contribution in [0.4, 0.5) is 17.5 Å². The van der Waals surface area contributed by atoms with Crippen LogP contribution in [-0.4, -0.2) is 47.7 Å². The summed E-state index contributed by atoms with van der Waals surface area (Å²) in [7, 11) is 0. The quantitative estimate of drug-likeness (QED) is 0.690. The fraction of sp³-hybridized carbons (Fsp3) is 0.286. The molecule has 0 atom stereocenters.